The molecule has 114 valence electrons. The van der Waals surface area contributed by atoms with Gasteiger partial charge in [0.15, 0.2) is 6.10 Å². The van der Waals surface area contributed by atoms with Gasteiger partial charge in [0.05, 0.1) is 0 Å². The molecular formula is C18H18O3S. The van der Waals surface area contributed by atoms with Crippen LogP contribution in [0.1, 0.15) is 18.1 Å². The number of thioether (sulfide) groups is 1. The van der Waals surface area contributed by atoms with Gasteiger partial charge in [-0.25, -0.2) is 0 Å². The molecule has 0 aliphatic carbocycles. The second kappa shape index (κ2) is 7.80. The SMILES string of the molecule is CC(=O)OC(Cc1ccccc1C)C(=O)Sc1ccccc1. The minimum absolute atomic E-state index is 0.162. The smallest absolute Gasteiger partial charge is 0.303 e. The molecule has 4 heteroatoms. The number of benzene rings is 2. The second-order valence-electron chi connectivity index (χ2n) is 4.96. The lowest BCUT2D eigenvalue weighted by Gasteiger charge is -2.16. The average Bonchev–Trinajstić information content (AvgIpc) is 2.49. The van der Waals surface area contributed by atoms with Gasteiger partial charge in [-0.2, -0.15) is 0 Å². The van der Waals surface area contributed by atoms with Crippen molar-refractivity contribution in [3.63, 3.8) is 0 Å². The van der Waals surface area contributed by atoms with Gasteiger partial charge in [0.25, 0.3) is 0 Å². The Morgan fingerprint density at radius 3 is 2.32 bits per heavy atom. The normalized spacial score (nSPS) is 11.7. The molecule has 0 fully saturated rings. The third kappa shape index (κ3) is 4.74. The molecule has 1 atom stereocenters. The van der Waals surface area contributed by atoms with Crippen LogP contribution in [0.15, 0.2) is 59.5 Å². The van der Waals surface area contributed by atoms with E-state index in [1.54, 1.807) is 0 Å². The van der Waals surface area contributed by atoms with Gasteiger partial charge in [0.1, 0.15) is 0 Å². The quantitative estimate of drug-likeness (QED) is 0.622. The molecular weight excluding hydrogens is 296 g/mol. The molecule has 0 aliphatic heterocycles. The number of hydrogen-bond donors (Lipinski definition) is 0. The van der Waals surface area contributed by atoms with Crippen molar-refractivity contribution in [3.8, 4) is 0 Å². The summed E-state index contributed by atoms with van der Waals surface area (Å²) in [5.74, 6) is -0.444. The zero-order valence-corrected chi connectivity index (χ0v) is 13.4. The summed E-state index contributed by atoms with van der Waals surface area (Å²) in [6.45, 7) is 3.31. The van der Waals surface area contributed by atoms with Gasteiger partial charge in [-0.05, 0) is 41.9 Å². The van der Waals surface area contributed by atoms with Gasteiger partial charge in [-0.3, -0.25) is 9.59 Å². The lowest BCUT2D eigenvalue weighted by Crippen LogP contribution is -2.27. The highest BCUT2D eigenvalue weighted by atomic mass is 32.2. The molecule has 0 amide bonds. The highest BCUT2D eigenvalue weighted by molar-refractivity contribution is 8.13. The molecule has 0 saturated heterocycles. The van der Waals surface area contributed by atoms with Crippen LogP contribution in [-0.2, 0) is 20.7 Å². The molecule has 0 aliphatic rings. The maximum atomic E-state index is 12.4. The van der Waals surface area contributed by atoms with Gasteiger partial charge in [-0.15, -0.1) is 0 Å². The van der Waals surface area contributed by atoms with E-state index in [1.807, 2.05) is 61.5 Å². The van der Waals surface area contributed by atoms with Crippen LogP contribution in [0.4, 0.5) is 0 Å². The average molecular weight is 314 g/mol. The highest BCUT2D eigenvalue weighted by Gasteiger charge is 2.23. The van der Waals surface area contributed by atoms with Crippen molar-refractivity contribution in [2.45, 2.75) is 31.3 Å². The molecule has 0 N–H and O–H groups in total. The van der Waals surface area contributed by atoms with Gasteiger partial charge in [0, 0.05) is 18.2 Å². The minimum atomic E-state index is -0.774. The number of rotatable bonds is 5. The molecule has 3 nitrogen and oxygen atoms in total. The monoisotopic (exact) mass is 314 g/mol. The number of carbonyl (C=O) groups is 2. The maximum absolute atomic E-state index is 12.4. The Hall–Kier alpha value is -2.07. The zero-order valence-electron chi connectivity index (χ0n) is 12.6. The van der Waals surface area contributed by atoms with Crippen LogP contribution in [-0.4, -0.2) is 17.2 Å². The molecule has 2 aromatic rings. The molecule has 1 unspecified atom stereocenters. The van der Waals surface area contributed by atoms with Crippen molar-refractivity contribution in [1.29, 1.82) is 0 Å². The Kier molecular flexibility index (Phi) is 5.78. The Morgan fingerprint density at radius 1 is 1.05 bits per heavy atom. The van der Waals surface area contributed by atoms with E-state index in [0.29, 0.717) is 6.42 Å². The second-order valence-corrected chi connectivity index (χ2v) is 6.04. The molecule has 0 spiro atoms. The van der Waals surface area contributed by atoms with E-state index in [0.717, 1.165) is 27.8 Å². The van der Waals surface area contributed by atoms with E-state index in [4.69, 9.17) is 4.74 Å². The summed E-state index contributed by atoms with van der Waals surface area (Å²) in [6, 6.07) is 17.2. The summed E-state index contributed by atoms with van der Waals surface area (Å²) in [6.07, 6.45) is -0.380. The van der Waals surface area contributed by atoms with Crippen molar-refractivity contribution < 1.29 is 14.3 Å². The number of aryl methyl sites for hydroxylation is 1. The van der Waals surface area contributed by atoms with Crippen molar-refractivity contribution in [2.75, 3.05) is 0 Å². The van der Waals surface area contributed by atoms with E-state index in [-0.39, 0.29) is 5.12 Å². The number of esters is 1. The summed E-state index contributed by atoms with van der Waals surface area (Å²) in [7, 11) is 0. The van der Waals surface area contributed by atoms with Crippen LogP contribution < -0.4 is 0 Å². The van der Waals surface area contributed by atoms with E-state index >= 15 is 0 Å². The Balaban J connectivity index is 2.13. The molecule has 22 heavy (non-hydrogen) atoms. The molecule has 0 bridgehead atoms. The van der Waals surface area contributed by atoms with Gasteiger partial charge < -0.3 is 4.74 Å². The van der Waals surface area contributed by atoms with Crippen LogP contribution >= 0.6 is 11.8 Å². The van der Waals surface area contributed by atoms with Crippen LogP contribution in [0.3, 0.4) is 0 Å². The Bertz CT molecular complexity index is 652. The van der Waals surface area contributed by atoms with E-state index in [9.17, 15) is 9.59 Å². The lowest BCUT2D eigenvalue weighted by molar-refractivity contribution is -0.150. The summed E-state index contributed by atoms with van der Waals surface area (Å²) >= 11 is 1.10. The van der Waals surface area contributed by atoms with Gasteiger partial charge >= 0.3 is 5.97 Å². The topological polar surface area (TPSA) is 43.4 Å². The number of hydrogen-bond acceptors (Lipinski definition) is 4. The third-order valence-corrected chi connectivity index (χ3v) is 4.17. The largest absolute Gasteiger partial charge is 0.453 e. The summed E-state index contributed by atoms with van der Waals surface area (Å²) in [5.41, 5.74) is 2.09. The molecule has 0 saturated carbocycles. The Morgan fingerprint density at radius 2 is 1.68 bits per heavy atom. The number of carbonyl (C=O) groups excluding carboxylic acids is 2. The molecule has 2 rings (SSSR count). The number of ether oxygens (including phenoxy) is 1. The van der Waals surface area contributed by atoms with Crippen LogP contribution in [0.25, 0.3) is 0 Å². The summed E-state index contributed by atoms with van der Waals surface area (Å²) < 4.78 is 5.23. The molecule has 0 aromatic heterocycles. The highest BCUT2D eigenvalue weighted by Crippen LogP contribution is 2.23. The fourth-order valence-corrected chi connectivity index (χ4v) is 2.87. The first-order chi connectivity index (χ1) is 10.6. The minimum Gasteiger partial charge on any atom is -0.453 e. The van der Waals surface area contributed by atoms with Crippen molar-refractivity contribution in [1.82, 2.24) is 0 Å². The molecule has 2 aromatic carbocycles. The van der Waals surface area contributed by atoms with E-state index in [2.05, 4.69) is 0 Å². The van der Waals surface area contributed by atoms with Gasteiger partial charge in [-0.1, -0.05) is 42.5 Å². The van der Waals surface area contributed by atoms with Crippen molar-refractivity contribution >= 4 is 22.8 Å². The van der Waals surface area contributed by atoms with Crippen LogP contribution in [0.5, 0.6) is 0 Å². The van der Waals surface area contributed by atoms with Crippen molar-refractivity contribution in [3.05, 3.63) is 65.7 Å². The van der Waals surface area contributed by atoms with Crippen LogP contribution in [0.2, 0.25) is 0 Å². The first kappa shape index (κ1) is 16.3. The fraction of sp³-hybridized carbons (Fsp3) is 0.222. The van der Waals surface area contributed by atoms with Crippen molar-refractivity contribution in [2.24, 2.45) is 0 Å². The first-order valence-electron chi connectivity index (χ1n) is 7.04. The fourth-order valence-electron chi connectivity index (χ4n) is 2.08. The van der Waals surface area contributed by atoms with Gasteiger partial charge in [0.2, 0.25) is 5.12 Å². The molecule has 0 heterocycles. The predicted octanol–water partition coefficient (Wildman–Crippen LogP) is 3.79. The molecule has 0 radical (unpaired) electrons. The standard InChI is InChI=1S/C18H18O3S/c1-13-8-6-7-9-15(13)12-17(21-14(2)19)18(20)22-16-10-4-3-5-11-16/h3-11,17H,12H2,1-2H3. The predicted molar refractivity (Wildman–Crippen MR) is 87.7 cm³/mol. The van der Waals surface area contributed by atoms with E-state index in [1.165, 1.54) is 6.92 Å². The van der Waals surface area contributed by atoms with Crippen LogP contribution in [0, 0.1) is 6.92 Å². The lowest BCUT2D eigenvalue weighted by atomic mass is 10.0. The summed E-state index contributed by atoms with van der Waals surface area (Å²) in [5, 5.41) is -0.162. The maximum Gasteiger partial charge on any atom is 0.303 e. The third-order valence-electron chi connectivity index (χ3n) is 3.20. The Labute approximate surface area is 134 Å². The first-order valence-corrected chi connectivity index (χ1v) is 7.86. The summed E-state index contributed by atoms with van der Waals surface area (Å²) in [4.78, 5) is 24.6. The zero-order chi connectivity index (χ0) is 15.9. The van der Waals surface area contributed by atoms with E-state index < -0.39 is 12.1 Å².